The summed E-state index contributed by atoms with van der Waals surface area (Å²) in [4.78, 5) is 0. The number of ether oxygens (including phenoxy) is 2. The summed E-state index contributed by atoms with van der Waals surface area (Å²) in [7, 11) is 3.12. The first-order valence-electron chi connectivity index (χ1n) is 6.38. The van der Waals surface area contributed by atoms with Crippen molar-refractivity contribution in [2.75, 3.05) is 14.2 Å². The van der Waals surface area contributed by atoms with Gasteiger partial charge in [0.1, 0.15) is 5.75 Å². The molecule has 104 valence electrons. The van der Waals surface area contributed by atoms with E-state index in [0.717, 1.165) is 16.7 Å². The predicted molar refractivity (Wildman–Crippen MR) is 80.4 cm³/mol. The van der Waals surface area contributed by atoms with E-state index in [-0.39, 0.29) is 5.75 Å². The van der Waals surface area contributed by atoms with Gasteiger partial charge in [-0.25, -0.2) is 0 Å². The Kier molecular flexibility index (Phi) is 4.31. The quantitative estimate of drug-likeness (QED) is 0.916. The molecule has 0 aliphatic carbocycles. The maximum absolute atomic E-state index is 9.85. The smallest absolute Gasteiger partial charge is 0.161 e. The molecule has 0 aromatic heterocycles. The lowest BCUT2D eigenvalue weighted by Crippen LogP contribution is -1.95. The molecule has 3 nitrogen and oxygen atoms in total. The van der Waals surface area contributed by atoms with Crippen LogP contribution in [0, 0.1) is 0 Å². The number of phenolic OH excluding ortho intramolecular Hbond substituents is 1. The Labute approximate surface area is 119 Å². The van der Waals surface area contributed by atoms with Crippen LogP contribution in [0.25, 0.3) is 5.57 Å². The number of methoxy groups -OCH3 is 2. The fourth-order valence-electron chi connectivity index (χ4n) is 2.19. The molecule has 1 N–H and O–H groups in total. The van der Waals surface area contributed by atoms with Gasteiger partial charge in [-0.1, -0.05) is 36.4 Å². The molecule has 0 radical (unpaired) electrons. The lowest BCUT2D eigenvalue weighted by molar-refractivity contribution is 0.365. The van der Waals surface area contributed by atoms with Crippen molar-refractivity contribution in [1.29, 1.82) is 0 Å². The van der Waals surface area contributed by atoms with E-state index in [1.807, 2.05) is 43.3 Å². The highest BCUT2D eigenvalue weighted by Gasteiger charge is 2.14. The van der Waals surface area contributed by atoms with Crippen molar-refractivity contribution in [1.82, 2.24) is 0 Å². The van der Waals surface area contributed by atoms with Gasteiger partial charge in [0.2, 0.25) is 0 Å². The van der Waals surface area contributed by atoms with Crippen LogP contribution in [0.3, 0.4) is 0 Å². The van der Waals surface area contributed by atoms with Gasteiger partial charge in [-0.2, -0.15) is 0 Å². The number of aromatic hydroxyl groups is 1. The van der Waals surface area contributed by atoms with Gasteiger partial charge in [-0.15, -0.1) is 0 Å². The van der Waals surface area contributed by atoms with Crippen LogP contribution in [-0.2, 0) is 0 Å². The van der Waals surface area contributed by atoms with Crippen molar-refractivity contribution in [3.63, 3.8) is 0 Å². The molecule has 0 spiro atoms. The second-order valence-corrected chi connectivity index (χ2v) is 4.29. The van der Waals surface area contributed by atoms with Crippen LogP contribution in [0.4, 0.5) is 0 Å². The minimum atomic E-state index is 0.0663. The van der Waals surface area contributed by atoms with E-state index in [0.29, 0.717) is 11.5 Å². The highest BCUT2D eigenvalue weighted by atomic mass is 16.5. The summed E-state index contributed by atoms with van der Waals surface area (Å²) < 4.78 is 10.6. The van der Waals surface area contributed by atoms with Gasteiger partial charge < -0.3 is 14.6 Å². The van der Waals surface area contributed by atoms with Gasteiger partial charge in [0.15, 0.2) is 11.5 Å². The van der Waals surface area contributed by atoms with Crippen LogP contribution in [0.2, 0.25) is 0 Å². The Morgan fingerprint density at radius 2 is 1.65 bits per heavy atom. The molecule has 2 aromatic carbocycles. The summed E-state index contributed by atoms with van der Waals surface area (Å²) in [6, 6.07) is 13.4. The molecule has 2 rings (SSSR count). The van der Waals surface area contributed by atoms with Gasteiger partial charge >= 0.3 is 0 Å². The second kappa shape index (κ2) is 6.15. The van der Waals surface area contributed by atoms with Crippen LogP contribution < -0.4 is 9.47 Å². The largest absolute Gasteiger partial charge is 0.504 e. The molecule has 0 fully saturated rings. The summed E-state index contributed by atoms with van der Waals surface area (Å²) in [6.45, 7) is 1.97. The minimum absolute atomic E-state index is 0.0663. The number of hydrogen-bond acceptors (Lipinski definition) is 3. The zero-order valence-electron chi connectivity index (χ0n) is 11.9. The van der Waals surface area contributed by atoms with E-state index in [1.54, 1.807) is 19.2 Å². The van der Waals surface area contributed by atoms with E-state index >= 15 is 0 Å². The van der Waals surface area contributed by atoms with Crippen molar-refractivity contribution < 1.29 is 14.6 Å². The minimum Gasteiger partial charge on any atom is -0.504 e. The maximum Gasteiger partial charge on any atom is 0.161 e. The van der Waals surface area contributed by atoms with E-state index in [2.05, 4.69) is 0 Å². The fraction of sp³-hybridized carbons (Fsp3) is 0.176. The summed E-state index contributed by atoms with van der Waals surface area (Å²) in [5.41, 5.74) is 3.00. The third kappa shape index (κ3) is 2.62. The monoisotopic (exact) mass is 270 g/mol. The molecule has 20 heavy (non-hydrogen) atoms. The van der Waals surface area contributed by atoms with Gasteiger partial charge in [0.25, 0.3) is 0 Å². The summed E-state index contributed by atoms with van der Waals surface area (Å²) in [5.74, 6) is 1.10. The highest BCUT2D eigenvalue weighted by Crippen LogP contribution is 2.39. The van der Waals surface area contributed by atoms with Crippen LogP contribution in [0.15, 0.2) is 48.5 Å². The van der Waals surface area contributed by atoms with Crippen molar-refractivity contribution in [3.05, 3.63) is 59.7 Å². The van der Waals surface area contributed by atoms with Crippen LogP contribution in [0.5, 0.6) is 17.2 Å². The normalized spacial score (nSPS) is 11.2. The number of rotatable bonds is 4. The molecule has 0 aliphatic rings. The molecule has 0 amide bonds. The molecule has 0 heterocycles. The zero-order chi connectivity index (χ0) is 14.5. The Hall–Kier alpha value is -2.42. The second-order valence-electron chi connectivity index (χ2n) is 4.29. The predicted octanol–water partition coefficient (Wildman–Crippen LogP) is 3.86. The van der Waals surface area contributed by atoms with E-state index in [9.17, 15) is 5.11 Å². The van der Waals surface area contributed by atoms with Crippen molar-refractivity contribution in [2.24, 2.45) is 0 Å². The van der Waals surface area contributed by atoms with E-state index in [1.165, 1.54) is 7.11 Å². The average Bonchev–Trinajstić information content (AvgIpc) is 2.50. The number of hydrogen-bond donors (Lipinski definition) is 1. The third-order valence-corrected chi connectivity index (χ3v) is 3.16. The van der Waals surface area contributed by atoms with Gasteiger partial charge in [0, 0.05) is 11.6 Å². The van der Waals surface area contributed by atoms with Crippen LogP contribution in [0.1, 0.15) is 18.1 Å². The fourth-order valence-corrected chi connectivity index (χ4v) is 2.19. The van der Waals surface area contributed by atoms with Crippen molar-refractivity contribution >= 4 is 5.57 Å². The lowest BCUT2D eigenvalue weighted by atomic mass is 9.96. The molecule has 0 aliphatic heterocycles. The molecule has 0 atom stereocenters. The Bertz CT molecular complexity index is 616. The first kappa shape index (κ1) is 14.0. The number of benzene rings is 2. The van der Waals surface area contributed by atoms with Crippen LogP contribution in [-0.4, -0.2) is 19.3 Å². The van der Waals surface area contributed by atoms with Gasteiger partial charge in [-0.05, 0) is 24.1 Å². The van der Waals surface area contributed by atoms with E-state index < -0.39 is 0 Å². The molecular formula is C17H18O3. The number of allylic oxidation sites excluding steroid dienone is 1. The third-order valence-electron chi connectivity index (χ3n) is 3.16. The molecule has 0 unspecified atom stereocenters. The molecular weight excluding hydrogens is 252 g/mol. The van der Waals surface area contributed by atoms with Crippen molar-refractivity contribution in [3.8, 4) is 17.2 Å². The van der Waals surface area contributed by atoms with Gasteiger partial charge in [0.05, 0.1) is 14.2 Å². The summed E-state index contributed by atoms with van der Waals surface area (Å²) in [5, 5.41) is 9.85. The highest BCUT2D eigenvalue weighted by molar-refractivity contribution is 5.84. The molecule has 0 bridgehead atoms. The number of phenols is 1. The van der Waals surface area contributed by atoms with Gasteiger partial charge in [-0.3, -0.25) is 0 Å². The average molecular weight is 270 g/mol. The zero-order valence-corrected chi connectivity index (χ0v) is 11.9. The first-order chi connectivity index (χ1) is 9.71. The Morgan fingerprint density at radius 3 is 2.20 bits per heavy atom. The Balaban J connectivity index is 2.60. The summed E-state index contributed by atoms with van der Waals surface area (Å²) in [6.07, 6.45) is 2.02. The lowest BCUT2D eigenvalue weighted by Gasteiger charge is -2.15. The van der Waals surface area contributed by atoms with Crippen LogP contribution >= 0.6 is 0 Å². The standard InChI is InChI=1S/C17H18O3/c1-4-13(12-8-6-5-7-9-12)14-10-17(20-3)15(18)11-16(14)19-2/h4-11,18H,1-3H3/b13-4-. The maximum atomic E-state index is 9.85. The first-order valence-corrected chi connectivity index (χ1v) is 6.38. The Morgan fingerprint density at radius 1 is 1.00 bits per heavy atom. The topological polar surface area (TPSA) is 38.7 Å². The van der Waals surface area contributed by atoms with E-state index in [4.69, 9.17) is 9.47 Å². The molecule has 3 heteroatoms. The summed E-state index contributed by atoms with van der Waals surface area (Å²) >= 11 is 0. The SMILES string of the molecule is C/C=C(/c1ccccc1)c1cc(OC)c(O)cc1OC. The van der Waals surface area contributed by atoms with Crippen molar-refractivity contribution in [2.45, 2.75) is 6.92 Å². The molecule has 2 aromatic rings. The molecule has 0 saturated carbocycles. The molecule has 0 saturated heterocycles.